The number of hydrogen-bond acceptors (Lipinski definition) is 4. The van der Waals surface area contributed by atoms with Crippen molar-refractivity contribution in [2.45, 2.75) is 13.8 Å². The Balaban J connectivity index is 2.40. The molecule has 0 aliphatic carbocycles. The van der Waals surface area contributed by atoms with Crippen molar-refractivity contribution < 1.29 is 4.79 Å². The second-order valence-electron chi connectivity index (χ2n) is 3.01. The third kappa shape index (κ3) is 3.53. The van der Waals surface area contributed by atoms with Crippen LogP contribution in [0.1, 0.15) is 13.8 Å². The van der Waals surface area contributed by atoms with E-state index in [9.17, 15) is 4.79 Å². The summed E-state index contributed by atoms with van der Waals surface area (Å²) in [5.74, 6) is 0.754. The topological polar surface area (TPSA) is 58.1 Å². The van der Waals surface area contributed by atoms with Crippen molar-refractivity contribution in [3.8, 4) is 0 Å². The highest BCUT2D eigenvalue weighted by atomic mass is 16.2. The van der Waals surface area contributed by atoms with Gasteiger partial charge in [-0.05, 0) is 19.9 Å². The van der Waals surface area contributed by atoms with Crippen molar-refractivity contribution in [3.05, 3.63) is 18.6 Å². The average Bonchev–Trinajstić information content (AvgIpc) is 2.29. The van der Waals surface area contributed by atoms with Crippen molar-refractivity contribution in [2.24, 2.45) is 0 Å². The fraction of sp³-hybridized carbons (Fsp3) is 0.500. The molecular formula is C10H16N4O. The Morgan fingerprint density at radius 2 is 2.20 bits per heavy atom. The first-order valence-corrected chi connectivity index (χ1v) is 5.05. The van der Waals surface area contributed by atoms with Crippen molar-refractivity contribution in [1.82, 2.24) is 14.9 Å². The highest BCUT2D eigenvalue weighted by Gasteiger charge is 2.08. The maximum absolute atomic E-state index is 11.6. The van der Waals surface area contributed by atoms with Gasteiger partial charge in [0.2, 0.25) is 5.91 Å². The van der Waals surface area contributed by atoms with E-state index in [1.165, 1.54) is 6.33 Å². The fourth-order valence-electron chi connectivity index (χ4n) is 1.25. The Hall–Kier alpha value is -1.65. The van der Waals surface area contributed by atoms with Crippen LogP contribution in [0.2, 0.25) is 0 Å². The first-order valence-electron chi connectivity index (χ1n) is 5.05. The molecular weight excluding hydrogens is 192 g/mol. The van der Waals surface area contributed by atoms with Crippen LogP contribution in [0.15, 0.2) is 18.6 Å². The van der Waals surface area contributed by atoms with E-state index >= 15 is 0 Å². The molecule has 15 heavy (non-hydrogen) atoms. The van der Waals surface area contributed by atoms with E-state index in [0.29, 0.717) is 5.82 Å². The zero-order valence-electron chi connectivity index (χ0n) is 9.10. The Morgan fingerprint density at radius 3 is 2.73 bits per heavy atom. The molecule has 5 heteroatoms. The molecule has 1 rings (SSSR count). The minimum Gasteiger partial charge on any atom is -0.361 e. The van der Waals surface area contributed by atoms with Gasteiger partial charge in [-0.3, -0.25) is 4.79 Å². The monoisotopic (exact) mass is 208 g/mol. The van der Waals surface area contributed by atoms with Crippen LogP contribution in [-0.2, 0) is 4.79 Å². The summed E-state index contributed by atoms with van der Waals surface area (Å²) < 4.78 is 0. The van der Waals surface area contributed by atoms with E-state index in [1.807, 2.05) is 13.8 Å². The smallest absolute Gasteiger partial charge is 0.241 e. The van der Waals surface area contributed by atoms with Crippen LogP contribution < -0.4 is 5.32 Å². The molecule has 1 N–H and O–H groups in total. The summed E-state index contributed by atoms with van der Waals surface area (Å²) in [7, 11) is 0. The largest absolute Gasteiger partial charge is 0.361 e. The van der Waals surface area contributed by atoms with Crippen LogP contribution >= 0.6 is 0 Å². The Labute approximate surface area is 89.5 Å². The first-order chi connectivity index (χ1) is 7.27. The number of rotatable bonds is 5. The lowest BCUT2D eigenvalue weighted by Crippen LogP contribution is -2.35. The lowest BCUT2D eigenvalue weighted by molar-refractivity contribution is -0.128. The summed E-state index contributed by atoms with van der Waals surface area (Å²) in [4.78, 5) is 21.1. The molecule has 0 unspecified atom stereocenters. The highest BCUT2D eigenvalue weighted by Crippen LogP contribution is 1.98. The second kappa shape index (κ2) is 5.95. The van der Waals surface area contributed by atoms with Crippen LogP contribution in [0.5, 0.6) is 0 Å². The van der Waals surface area contributed by atoms with Gasteiger partial charge in [0.05, 0.1) is 6.54 Å². The lowest BCUT2D eigenvalue weighted by Gasteiger charge is -2.18. The molecule has 1 aromatic rings. The van der Waals surface area contributed by atoms with Gasteiger partial charge in [0, 0.05) is 19.3 Å². The molecule has 82 valence electrons. The highest BCUT2D eigenvalue weighted by molar-refractivity contribution is 5.80. The van der Waals surface area contributed by atoms with E-state index < -0.39 is 0 Å². The van der Waals surface area contributed by atoms with Crippen molar-refractivity contribution in [2.75, 3.05) is 25.0 Å². The summed E-state index contributed by atoms with van der Waals surface area (Å²) in [5, 5.41) is 2.95. The lowest BCUT2D eigenvalue weighted by atomic mass is 10.4. The zero-order valence-corrected chi connectivity index (χ0v) is 9.10. The molecule has 0 saturated carbocycles. The van der Waals surface area contributed by atoms with E-state index in [0.717, 1.165) is 13.1 Å². The van der Waals surface area contributed by atoms with Crippen molar-refractivity contribution in [3.63, 3.8) is 0 Å². The number of amides is 1. The summed E-state index contributed by atoms with van der Waals surface area (Å²) in [6.45, 7) is 5.68. The Morgan fingerprint density at radius 1 is 1.47 bits per heavy atom. The first kappa shape index (κ1) is 11.4. The number of anilines is 1. The summed E-state index contributed by atoms with van der Waals surface area (Å²) in [6, 6.07) is 1.73. The van der Waals surface area contributed by atoms with Crippen molar-refractivity contribution in [1.29, 1.82) is 0 Å². The third-order valence-corrected chi connectivity index (χ3v) is 2.12. The number of nitrogens with one attached hydrogen (secondary N) is 1. The number of likely N-dealkylation sites (N-methyl/N-ethyl adjacent to an activating group) is 1. The van der Waals surface area contributed by atoms with E-state index in [-0.39, 0.29) is 12.5 Å². The molecule has 0 aliphatic heterocycles. The molecule has 0 aromatic carbocycles. The summed E-state index contributed by atoms with van der Waals surface area (Å²) in [6.07, 6.45) is 3.08. The predicted octanol–water partition coefficient (Wildman–Crippen LogP) is 0.757. The van der Waals surface area contributed by atoms with Crippen LogP contribution in [0, 0.1) is 0 Å². The van der Waals surface area contributed by atoms with Gasteiger partial charge in [0.25, 0.3) is 0 Å². The number of nitrogens with zero attached hydrogens (tertiary/aromatic N) is 3. The molecule has 0 fully saturated rings. The normalized spacial score (nSPS) is 9.73. The van der Waals surface area contributed by atoms with Gasteiger partial charge >= 0.3 is 0 Å². The molecule has 0 bridgehead atoms. The average molecular weight is 208 g/mol. The number of carbonyl (C=O) groups is 1. The van der Waals surface area contributed by atoms with Gasteiger partial charge in [0.15, 0.2) is 0 Å². The van der Waals surface area contributed by atoms with Crippen LogP contribution in [0.3, 0.4) is 0 Å². The molecule has 0 aliphatic rings. The maximum Gasteiger partial charge on any atom is 0.241 e. The standard InChI is InChI=1S/C10H16N4O/c1-3-14(4-2)10(15)7-12-9-5-6-11-8-13-9/h5-6,8H,3-4,7H2,1-2H3,(H,11,12,13). The van der Waals surface area contributed by atoms with Gasteiger partial charge in [-0.25, -0.2) is 9.97 Å². The minimum atomic E-state index is 0.0820. The van der Waals surface area contributed by atoms with Gasteiger partial charge in [-0.2, -0.15) is 0 Å². The summed E-state index contributed by atoms with van der Waals surface area (Å²) >= 11 is 0. The van der Waals surface area contributed by atoms with E-state index in [1.54, 1.807) is 17.2 Å². The molecule has 1 aromatic heterocycles. The SMILES string of the molecule is CCN(CC)C(=O)CNc1ccncn1. The van der Waals surface area contributed by atoms with Crippen LogP contribution in [-0.4, -0.2) is 40.4 Å². The van der Waals surface area contributed by atoms with Crippen molar-refractivity contribution >= 4 is 11.7 Å². The molecule has 1 heterocycles. The van der Waals surface area contributed by atoms with E-state index in [2.05, 4.69) is 15.3 Å². The van der Waals surface area contributed by atoms with Gasteiger partial charge in [-0.15, -0.1) is 0 Å². The van der Waals surface area contributed by atoms with Crippen LogP contribution in [0.25, 0.3) is 0 Å². The van der Waals surface area contributed by atoms with Gasteiger partial charge in [0.1, 0.15) is 12.1 Å². The third-order valence-electron chi connectivity index (χ3n) is 2.12. The molecule has 0 spiro atoms. The number of aromatic nitrogens is 2. The molecule has 0 radical (unpaired) electrons. The molecule has 0 atom stereocenters. The Kier molecular flexibility index (Phi) is 4.53. The number of carbonyl (C=O) groups excluding carboxylic acids is 1. The maximum atomic E-state index is 11.6. The van der Waals surface area contributed by atoms with Crippen LogP contribution in [0.4, 0.5) is 5.82 Å². The molecule has 0 saturated heterocycles. The van der Waals surface area contributed by atoms with Gasteiger partial charge < -0.3 is 10.2 Å². The van der Waals surface area contributed by atoms with Gasteiger partial charge in [-0.1, -0.05) is 0 Å². The minimum absolute atomic E-state index is 0.0820. The zero-order chi connectivity index (χ0) is 11.1. The quantitative estimate of drug-likeness (QED) is 0.776. The number of hydrogen-bond donors (Lipinski definition) is 1. The predicted molar refractivity (Wildman–Crippen MR) is 58.4 cm³/mol. The fourth-order valence-corrected chi connectivity index (χ4v) is 1.25. The summed E-state index contributed by atoms with van der Waals surface area (Å²) in [5.41, 5.74) is 0. The Bertz CT molecular complexity index is 298. The second-order valence-corrected chi connectivity index (χ2v) is 3.01. The molecule has 5 nitrogen and oxygen atoms in total. The van der Waals surface area contributed by atoms with E-state index in [4.69, 9.17) is 0 Å². The molecule has 1 amide bonds.